The molecule has 32 heavy (non-hydrogen) atoms. The molecule has 0 aromatic heterocycles. The molecule has 0 saturated carbocycles. The van der Waals surface area contributed by atoms with Crippen LogP contribution in [0.4, 0.5) is 5.69 Å². The fourth-order valence-corrected chi connectivity index (χ4v) is 4.13. The Morgan fingerprint density at radius 3 is 2.34 bits per heavy atom. The first-order chi connectivity index (χ1) is 15.1. The molecule has 0 aliphatic carbocycles. The summed E-state index contributed by atoms with van der Waals surface area (Å²) in [6.45, 7) is 4.16. The minimum absolute atomic E-state index is 0.147. The van der Waals surface area contributed by atoms with Crippen molar-refractivity contribution in [2.45, 2.75) is 19.8 Å². The number of carbonyl (C=O) groups excluding carboxylic acids is 1. The summed E-state index contributed by atoms with van der Waals surface area (Å²) >= 11 is 6.10. The number of halogens is 1. The lowest BCUT2D eigenvalue weighted by molar-refractivity contribution is -0.119. The molecule has 0 radical (unpaired) electrons. The molecule has 1 amide bonds. The number of carbonyl (C=O) groups is 1. The van der Waals surface area contributed by atoms with Crippen LogP contribution in [0.3, 0.4) is 0 Å². The molecule has 2 rings (SSSR count). The van der Waals surface area contributed by atoms with E-state index in [0.29, 0.717) is 5.92 Å². The van der Waals surface area contributed by atoms with E-state index in [1.807, 2.05) is 24.3 Å². The SMILES string of the molecule is COc1cc(N(CC(=O)NCCOc2ccccc2C(C)C)S(C)(=O)=O)c(OC)cc1Cl. The van der Waals surface area contributed by atoms with E-state index in [-0.39, 0.29) is 35.4 Å². The van der Waals surface area contributed by atoms with E-state index in [2.05, 4.69) is 19.2 Å². The molecule has 176 valence electrons. The fraction of sp³-hybridized carbons (Fsp3) is 0.409. The van der Waals surface area contributed by atoms with Gasteiger partial charge in [-0.25, -0.2) is 8.42 Å². The average molecular weight is 485 g/mol. The van der Waals surface area contributed by atoms with Gasteiger partial charge < -0.3 is 19.5 Å². The van der Waals surface area contributed by atoms with Crippen LogP contribution in [0, 0.1) is 0 Å². The summed E-state index contributed by atoms with van der Waals surface area (Å²) in [5.41, 5.74) is 1.22. The number of anilines is 1. The van der Waals surface area contributed by atoms with Gasteiger partial charge in [0, 0.05) is 12.1 Å². The third-order valence-corrected chi connectivity index (χ3v) is 6.05. The highest BCUT2D eigenvalue weighted by Crippen LogP contribution is 2.38. The number of hydrogen-bond acceptors (Lipinski definition) is 6. The van der Waals surface area contributed by atoms with Crippen LogP contribution in [-0.2, 0) is 14.8 Å². The lowest BCUT2D eigenvalue weighted by Crippen LogP contribution is -2.41. The smallest absolute Gasteiger partial charge is 0.240 e. The van der Waals surface area contributed by atoms with Crippen LogP contribution in [0.5, 0.6) is 17.2 Å². The quantitative estimate of drug-likeness (QED) is 0.491. The Morgan fingerprint density at radius 2 is 1.75 bits per heavy atom. The molecule has 0 spiro atoms. The molecular formula is C22H29ClN2O6S. The number of hydrogen-bond donors (Lipinski definition) is 1. The van der Waals surface area contributed by atoms with Gasteiger partial charge in [-0.1, -0.05) is 43.6 Å². The van der Waals surface area contributed by atoms with Crippen molar-refractivity contribution in [1.82, 2.24) is 5.32 Å². The van der Waals surface area contributed by atoms with Crippen molar-refractivity contribution in [1.29, 1.82) is 0 Å². The van der Waals surface area contributed by atoms with Crippen LogP contribution in [0.15, 0.2) is 36.4 Å². The first-order valence-electron chi connectivity index (χ1n) is 9.96. The van der Waals surface area contributed by atoms with E-state index in [4.69, 9.17) is 25.8 Å². The second kappa shape index (κ2) is 11.3. The van der Waals surface area contributed by atoms with E-state index in [1.54, 1.807) is 0 Å². The van der Waals surface area contributed by atoms with Gasteiger partial charge in [-0.3, -0.25) is 9.10 Å². The van der Waals surface area contributed by atoms with Crippen LogP contribution >= 0.6 is 11.6 Å². The van der Waals surface area contributed by atoms with E-state index in [0.717, 1.165) is 21.9 Å². The molecular weight excluding hydrogens is 456 g/mol. The number of methoxy groups -OCH3 is 2. The summed E-state index contributed by atoms with van der Waals surface area (Å²) in [4.78, 5) is 12.5. The maximum Gasteiger partial charge on any atom is 0.240 e. The molecule has 0 fully saturated rings. The maximum absolute atomic E-state index is 12.5. The van der Waals surface area contributed by atoms with Gasteiger partial charge in [0.25, 0.3) is 0 Å². The van der Waals surface area contributed by atoms with Crippen molar-refractivity contribution in [3.05, 3.63) is 47.0 Å². The second-order valence-corrected chi connectivity index (χ2v) is 9.63. The number of amides is 1. The average Bonchev–Trinajstić information content (AvgIpc) is 2.74. The zero-order valence-corrected chi connectivity index (χ0v) is 20.4. The van der Waals surface area contributed by atoms with Gasteiger partial charge in [0.1, 0.15) is 30.4 Å². The first-order valence-corrected chi connectivity index (χ1v) is 12.2. The van der Waals surface area contributed by atoms with Gasteiger partial charge in [0.15, 0.2) is 0 Å². The van der Waals surface area contributed by atoms with Crippen molar-refractivity contribution in [2.24, 2.45) is 0 Å². The summed E-state index contributed by atoms with van der Waals surface area (Å²) in [5.74, 6) is 1.02. The number of rotatable bonds is 11. The van der Waals surface area contributed by atoms with Crippen LogP contribution in [-0.4, -0.2) is 54.5 Å². The summed E-state index contributed by atoms with van der Waals surface area (Å²) in [6, 6.07) is 10.6. The summed E-state index contributed by atoms with van der Waals surface area (Å²) < 4.78 is 42.0. The van der Waals surface area contributed by atoms with Crippen LogP contribution in [0.1, 0.15) is 25.3 Å². The van der Waals surface area contributed by atoms with Gasteiger partial charge >= 0.3 is 0 Å². The number of sulfonamides is 1. The van der Waals surface area contributed by atoms with Crippen molar-refractivity contribution in [3.63, 3.8) is 0 Å². The molecule has 0 bridgehead atoms. The van der Waals surface area contributed by atoms with Crippen molar-refractivity contribution in [3.8, 4) is 17.2 Å². The lowest BCUT2D eigenvalue weighted by atomic mass is 10.0. The molecule has 0 unspecified atom stereocenters. The highest BCUT2D eigenvalue weighted by Gasteiger charge is 2.25. The number of nitrogens with one attached hydrogen (secondary N) is 1. The molecule has 0 saturated heterocycles. The van der Waals surface area contributed by atoms with E-state index in [9.17, 15) is 13.2 Å². The molecule has 1 N–H and O–H groups in total. The van der Waals surface area contributed by atoms with Gasteiger partial charge in [0.2, 0.25) is 15.9 Å². The molecule has 0 aliphatic heterocycles. The predicted molar refractivity (Wildman–Crippen MR) is 126 cm³/mol. The number of ether oxygens (including phenoxy) is 3. The Morgan fingerprint density at radius 1 is 1.09 bits per heavy atom. The molecule has 2 aromatic rings. The van der Waals surface area contributed by atoms with Crippen molar-refractivity contribution >= 4 is 33.2 Å². The van der Waals surface area contributed by atoms with E-state index >= 15 is 0 Å². The Labute approximate surface area is 194 Å². The minimum atomic E-state index is -3.81. The third-order valence-electron chi connectivity index (χ3n) is 4.63. The summed E-state index contributed by atoms with van der Waals surface area (Å²) in [5, 5.41) is 2.94. The highest BCUT2D eigenvalue weighted by atomic mass is 35.5. The van der Waals surface area contributed by atoms with Crippen LogP contribution < -0.4 is 23.8 Å². The Hall–Kier alpha value is -2.65. The molecule has 10 heteroatoms. The zero-order valence-electron chi connectivity index (χ0n) is 18.8. The topological polar surface area (TPSA) is 94.2 Å². The Balaban J connectivity index is 2.08. The van der Waals surface area contributed by atoms with Gasteiger partial charge in [0.05, 0.1) is 37.7 Å². The van der Waals surface area contributed by atoms with Gasteiger partial charge in [-0.05, 0) is 17.5 Å². The first kappa shape index (κ1) is 25.6. The number of para-hydroxylation sites is 1. The fourth-order valence-electron chi connectivity index (χ4n) is 3.05. The largest absolute Gasteiger partial charge is 0.495 e. The summed E-state index contributed by atoms with van der Waals surface area (Å²) in [6.07, 6.45) is 1.01. The predicted octanol–water partition coefficient (Wildman–Crippen LogP) is 3.44. The monoisotopic (exact) mass is 484 g/mol. The third kappa shape index (κ3) is 6.67. The maximum atomic E-state index is 12.5. The zero-order chi connectivity index (χ0) is 23.9. The summed E-state index contributed by atoms with van der Waals surface area (Å²) in [7, 11) is -1.02. The minimum Gasteiger partial charge on any atom is -0.495 e. The molecule has 0 aliphatic rings. The molecule has 0 heterocycles. The van der Waals surface area contributed by atoms with Gasteiger partial charge in [-0.2, -0.15) is 0 Å². The second-order valence-electron chi connectivity index (χ2n) is 7.32. The normalized spacial score (nSPS) is 11.2. The molecule has 0 atom stereocenters. The Bertz CT molecular complexity index is 1040. The number of nitrogens with zero attached hydrogens (tertiary/aromatic N) is 1. The van der Waals surface area contributed by atoms with Crippen molar-refractivity contribution in [2.75, 3.05) is 44.5 Å². The molecule has 2 aromatic carbocycles. The van der Waals surface area contributed by atoms with E-state index in [1.165, 1.54) is 26.4 Å². The van der Waals surface area contributed by atoms with Crippen molar-refractivity contribution < 1.29 is 27.4 Å². The lowest BCUT2D eigenvalue weighted by Gasteiger charge is -2.24. The van der Waals surface area contributed by atoms with Crippen LogP contribution in [0.2, 0.25) is 5.02 Å². The van der Waals surface area contributed by atoms with Gasteiger partial charge in [-0.15, -0.1) is 0 Å². The van der Waals surface area contributed by atoms with Crippen LogP contribution in [0.25, 0.3) is 0 Å². The molecule has 8 nitrogen and oxygen atoms in total. The number of benzene rings is 2. The van der Waals surface area contributed by atoms with E-state index < -0.39 is 22.5 Å². The standard InChI is InChI=1S/C22H29ClN2O6S/c1-15(2)16-8-6-7-9-19(16)31-11-10-24-22(26)14-25(32(5,27)28)18-13-20(29-3)17(23)12-21(18)30-4/h6-9,12-13,15H,10-11,14H2,1-5H3,(H,24,26). The Kier molecular flexibility index (Phi) is 9.03. The highest BCUT2D eigenvalue weighted by molar-refractivity contribution is 7.92.